The third-order valence-corrected chi connectivity index (χ3v) is 1.72. The summed E-state index contributed by atoms with van der Waals surface area (Å²) in [6.45, 7) is 9.59. The molecular weight excluding hydrogens is 128 g/mol. The average molecular weight is 145 g/mol. The lowest BCUT2D eigenvalue weighted by atomic mass is 9.94. The molecule has 0 unspecified atom stereocenters. The van der Waals surface area contributed by atoms with E-state index in [1.165, 1.54) is 0 Å². The Morgan fingerprint density at radius 3 is 2.40 bits per heavy atom. The predicted octanol–water partition coefficient (Wildman–Crippen LogP) is 1.59. The molecule has 2 nitrogen and oxygen atoms in total. The lowest BCUT2D eigenvalue weighted by Gasteiger charge is -2.25. The first-order chi connectivity index (χ1) is 4.48. The molecular formula is C8H17O2. The standard InChI is InChI=1S/C8H17O2/c1-5-10-6-7(2)8(3,4)9/h5,7,9H,6H2,1-4H3/t7-/m0/s1. The van der Waals surface area contributed by atoms with Gasteiger partial charge in [0.05, 0.1) is 18.8 Å². The Labute approximate surface area is 63.2 Å². The maximum absolute atomic E-state index is 9.42. The molecule has 61 valence electrons. The van der Waals surface area contributed by atoms with Gasteiger partial charge in [0.15, 0.2) is 0 Å². The zero-order chi connectivity index (χ0) is 8.20. The Hall–Kier alpha value is -0.0800. The van der Waals surface area contributed by atoms with Crippen molar-refractivity contribution >= 4 is 0 Å². The van der Waals surface area contributed by atoms with Gasteiger partial charge in [0, 0.05) is 5.92 Å². The minimum atomic E-state index is -0.636. The highest BCUT2D eigenvalue weighted by atomic mass is 16.5. The van der Waals surface area contributed by atoms with E-state index in [4.69, 9.17) is 4.74 Å². The minimum Gasteiger partial charge on any atom is -0.390 e. The monoisotopic (exact) mass is 145 g/mol. The van der Waals surface area contributed by atoms with Crippen LogP contribution in [0.5, 0.6) is 0 Å². The number of rotatable bonds is 4. The zero-order valence-corrected chi connectivity index (χ0v) is 7.22. The fraction of sp³-hybridized carbons (Fsp3) is 0.875. The normalized spacial score (nSPS) is 15.3. The lowest BCUT2D eigenvalue weighted by molar-refractivity contribution is -0.00862. The summed E-state index contributed by atoms with van der Waals surface area (Å²) in [5, 5.41) is 9.42. The molecule has 1 atom stereocenters. The molecule has 0 saturated carbocycles. The third kappa shape index (κ3) is 3.85. The molecule has 2 heteroatoms. The summed E-state index contributed by atoms with van der Waals surface area (Å²) in [6.07, 6.45) is 0. The van der Waals surface area contributed by atoms with Crippen LogP contribution in [0.3, 0.4) is 0 Å². The summed E-state index contributed by atoms with van der Waals surface area (Å²) >= 11 is 0. The quantitative estimate of drug-likeness (QED) is 0.651. The molecule has 0 spiro atoms. The Morgan fingerprint density at radius 1 is 1.60 bits per heavy atom. The third-order valence-electron chi connectivity index (χ3n) is 1.72. The van der Waals surface area contributed by atoms with E-state index in [-0.39, 0.29) is 5.92 Å². The van der Waals surface area contributed by atoms with Crippen molar-refractivity contribution in [2.24, 2.45) is 5.92 Å². The first-order valence-corrected chi connectivity index (χ1v) is 3.60. The largest absolute Gasteiger partial charge is 0.390 e. The summed E-state index contributed by atoms with van der Waals surface area (Å²) in [6, 6.07) is 0. The van der Waals surface area contributed by atoms with Gasteiger partial charge >= 0.3 is 0 Å². The van der Waals surface area contributed by atoms with Crippen LogP contribution in [0.1, 0.15) is 27.7 Å². The molecule has 0 fully saturated rings. The maximum atomic E-state index is 9.42. The molecule has 0 aromatic carbocycles. The van der Waals surface area contributed by atoms with E-state index in [2.05, 4.69) is 0 Å². The van der Waals surface area contributed by atoms with Gasteiger partial charge < -0.3 is 9.84 Å². The van der Waals surface area contributed by atoms with Crippen molar-refractivity contribution in [3.63, 3.8) is 0 Å². The topological polar surface area (TPSA) is 29.5 Å². The molecule has 1 radical (unpaired) electrons. The van der Waals surface area contributed by atoms with Crippen LogP contribution in [0.4, 0.5) is 0 Å². The van der Waals surface area contributed by atoms with Crippen molar-refractivity contribution in [1.29, 1.82) is 0 Å². The van der Waals surface area contributed by atoms with Crippen molar-refractivity contribution in [3.8, 4) is 0 Å². The number of hydrogen-bond donors (Lipinski definition) is 1. The second-order valence-corrected chi connectivity index (χ2v) is 3.12. The van der Waals surface area contributed by atoms with Gasteiger partial charge in [-0.2, -0.15) is 0 Å². The average Bonchev–Trinajstić information content (AvgIpc) is 1.80. The molecule has 0 aromatic heterocycles. The first kappa shape index (κ1) is 9.92. The summed E-state index contributed by atoms with van der Waals surface area (Å²) < 4.78 is 5.04. The van der Waals surface area contributed by atoms with E-state index in [1.54, 1.807) is 20.5 Å². The van der Waals surface area contributed by atoms with Gasteiger partial charge in [0.25, 0.3) is 0 Å². The molecule has 0 saturated heterocycles. The molecule has 0 rings (SSSR count). The van der Waals surface area contributed by atoms with Crippen molar-refractivity contribution in [3.05, 3.63) is 6.61 Å². The first-order valence-electron chi connectivity index (χ1n) is 3.60. The number of hydrogen-bond acceptors (Lipinski definition) is 2. The summed E-state index contributed by atoms with van der Waals surface area (Å²) in [5.41, 5.74) is -0.636. The molecule has 0 heterocycles. The molecule has 10 heavy (non-hydrogen) atoms. The van der Waals surface area contributed by atoms with E-state index in [1.807, 2.05) is 13.8 Å². The highest BCUT2D eigenvalue weighted by Gasteiger charge is 2.21. The maximum Gasteiger partial charge on any atom is 0.0806 e. The summed E-state index contributed by atoms with van der Waals surface area (Å²) in [5.74, 6) is 0.170. The van der Waals surface area contributed by atoms with Gasteiger partial charge in [-0.05, 0) is 20.8 Å². The molecule has 0 aliphatic rings. The van der Waals surface area contributed by atoms with Gasteiger partial charge in [-0.25, -0.2) is 0 Å². The molecule has 0 amide bonds. The smallest absolute Gasteiger partial charge is 0.0806 e. The predicted molar refractivity (Wildman–Crippen MR) is 41.4 cm³/mol. The van der Waals surface area contributed by atoms with E-state index in [9.17, 15) is 5.11 Å². The molecule has 1 N–H and O–H groups in total. The van der Waals surface area contributed by atoms with E-state index < -0.39 is 5.60 Å². The van der Waals surface area contributed by atoms with Crippen LogP contribution in [-0.4, -0.2) is 17.3 Å². The van der Waals surface area contributed by atoms with Crippen molar-refractivity contribution in [1.82, 2.24) is 0 Å². The van der Waals surface area contributed by atoms with Crippen LogP contribution in [-0.2, 0) is 4.74 Å². The minimum absolute atomic E-state index is 0.170. The van der Waals surface area contributed by atoms with Gasteiger partial charge in [0.1, 0.15) is 0 Å². The van der Waals surface area contributed by atoms with Crippen LogP contribution < -0.4 is 0 Å². The van der Waals surface area contributed by atoms with Gasteiger partial charge in [0.2, 0.25) is 0 Å². The van der Waals surface area contributed by atoms with E-state index >= 15 is 0 Å². The van der Waals surface area contributed by atoms with Crippen LogP contribution in [0.15, 0.2) is 0 Å². The summed E-state index contributed by atoms with van der Waals surface area (Å²) in [4.78, 5) is 0. The van der Waals surface area contributed by atoms with Crippen LogP contribution in [0.25, 0.3) is 0 Å². The number of aliphatic hydroxyl groups is 1. The second-order valence-electron chi connectivity index (χ2n) is 3.12. The fourth-order valence-electron chi connectivity index (χ4n) is 0.444. The van der Waals surface area contributed by atoms with Gasteiger partial charge in [-0.1, -0.05) is 6.92 Å². The summed E-state index contributed by atoms with van der Waals surface area (Å²) in [7, 11) is 0. The molecule has 0 aliphatic carbocycles. The van der Waals surface area contributed by atoms with Crippen molar-refractivity contribution in [2.75, 3.05) is 6.61 Å². The highest BCUT2D eigenvalue weighted by Crippen LogP contribution is 2.15. The molecule has 0 aliphatic heterocycles. The Kier molecular flexibility index (Phi) is 3.91. The SMILES string of the molecule is C[CH]OC[C@H](C)C(C)(C)O. The Balaban J connectivity index is 3.52. The van der Waals surface area contributed by atoms with Gasteiger partial charge in [-0.3, -0.25) is 0 Å². The zero-order valence-electron chi connectivity index (χ0n) is 7.22. The van der Waals surface area contributed by atoms with Crippen LogP contribution >= 0.6 is 0 Å². The highest BCUT2D eigenvalue weighted by molar-refractivity contribution is 4.72. The van der Waals surface area contributed by atoms with Crippen molar-refractivity contribution < 1.29 is 9.84 Å². The number of ether oxygens (including phenoxy) is 1. The molecule has 0 bridgehead atoms. The van der Waals surface area contributed by atoms with Gasteiger partial charge in [-0.15, -0.1) is 0 Å². The Bertz CT molecular complexity index is 83.7. The fourth-order valence-corrected chi connectivity index (χ4v) is 0.444. The van der Waals surface area contributed by atoms with E-state index in [0.717, 1.165) is 0 Å². The van der Waals surface area contributed by atoms with Crippen molar-refractivity contribution in [2.45, 2.75) is 33.3 Å². The molecule has 0 aromatic rings. The second kappa shape index (κ2) is 3.94. The van der Waals surface area contributed by atoms with E-state index in [0.29, 0.717) is 6.61 Å². The van der Waals surface area contributed by atoms with Crippen LogP contribution in [0.2, 0.25) is 0 Å². The Morgan fingerprint density at radius 2 is 2.10 bits per heavy atom. The lowest BCUT2D eigenvalue weighted by Crippen LogP contribution is -2.31. The van der Waals surface area contributed by atoms with Crippen LogP contribution in [0, 0.1) is 12.5 Å².